The molecule has 0 amide bonds. The first kappa shape index (κ1) is 30.0. The van der Waals surface area contributed by atoms with E-state index in [1.54, 1.807) is 52.1 Å². The van der Waals surface area contributed by atoms with Crippen LogP contribution in [0.1, 0.15) is 32.5 Å². The molecule has 2 aliphatic heterocycles. The number of methoxy groups -OCH3 is 1. The highest BCUT2D eigenvalue weighted by atomic mass is 32.2. The van der Waals surface area contributed by atoms with Crippen molar-refractivity contribution in [3.05, 3.63) is 48.3 Å². The van der Waals surface area contributed by atoms with E-state index in [0.29, 0.717) is 29.3 Å². The van der Waals surface area contributed by atoms with Crippen LogP contribution in [0.15, 0.2) is 47.4 Å². The van der Waals surface area contributed by atoms with Crippen molar-refractivity contribution in [1.29, 1.82) is 0 Å². The fourth-order valence-electron chi connectivity index (χ4n) is 5.56. The zero-order valence-electron chi connectivity index (χ0n) is 25.2. The fraction of sp³-hybridized carbons (Fsp3) is 0.500. The molecule has 0 aliphatic carbocycles. The summed E-state index contributed by atoms with van der Waals surface area (Å²) in [5.74, 6) is 1.75. The van der Waals surface area contributed by atoms with Crippen molar-refractivity contribution in [2.24, 2.45) is 0 Å². The molecule has 5 rings (SSSR count). The molecule has 2 aromatic carbocycles. The molecule has 0 saturated carbocycles. The number of piperazine rings is 1. The Morgan fingerprint density at radius 2 is 1.52 bits per heavy atom. The normalized spacial score (nSPS) is 17.4. The van der Waals surface area contributed by atoms with Crippen LogP contribution in [-0.4, -0.2) is 97.9 Å². The lowest BCUT2D eigenvalue weighted by atomic mass is 10.0. The number of benzene rings is 2. The van der Waals surface area contributed by atoms with Crippen molar-refractivity contribution >= 4 is 38.8 Å². The van der Waals surface area contributed by atoms with Gasteiger partial charge in [-0.15, -0.1) is 0 Å². The van der Waals surface area contributed by atoms with Crippen molar-refractivity contribution in [3.8, 4) is 5.75 Å². The van der Waals surface area contributed by atoms with Crippen LogP contribution in [0.4, 0.5) is 29.0 Å². The van der Waals surface area contributed by atoms with Crippen molar-refractivity contribution < 1.29 is 13.2 Å². The number of aryl methyl sites for hydroxylation is 1. The van der Waals surface area contributed by atoms with E-state index in [2.05, 4.69) is 59.5 Å². The van der Waals surface area contributed by atoms with E-state index in [-0.39, 0.29) is 10.8 Å². The highest BCUT2D eigenvalue weighted by molar-refractivity contribution is 7.92. The number of nitrogens with zero attached hydrogens (tertiary/aromatic N) is 6. The molecule has 2 N–H and O–H groups in total. The predicted octanol–water partition coefficient (Wildman–Crippen LogP) is 4.07. The number of hydrogen-bond donors (Lipinski definition) is 2. The minimum absolute atomic E-state index is 0.206. The summed E-state index contributed by atoms with van der Waals surface area (Å²) in [5.41, 5.74) is 2.28. The van der Waals surface area contributed by atoms with E-state index in [0.717, 1.165) is 63.5 Å². The molecule has 0 spiro atoms. The number of sulfone groups is 1. The lowest BCUT2D eigenvalue weighted by Gasteiger charge is -2.42. The summed E-state index contributed by atoms with van der Waals surface area (Å²) in [6.07, 6.45) is 2.32. The third-order valence-electron chi connectivity index (χ3n) is 8.12. The van der Waals surface area contributed by atoms with Crippen LogP contribution in [0.2, 0.25) is 0 Å². The second-order valence-electron chi connectivity index (χ2n) is 11.3. The van der Waals surface area contributed by atoms with Gasteiger partial charge in [-0.2, -0.15) is 15.0 Å². The largest absolute Gasteiger partial charge is 0.494 e. The summed E-state index contributed by atoms with van der Waals surface area (Å²) in [6, 6.07) is 13.6. The number of hydrogen-bond acceptors (Lipinski definition) is 11. The minimum atomic E-state index is -3.50. The number of rotatable bonds is 9. The van der Waals surface area contributed by atoms with Gasteiger partial charge >= 0.3 is 0 Å². The third kappa shape index (κ3) is 6.77. The Morgan fingerprint density at radius 1 is 0.881 bits per heavy atom. The number of nitrogens with one attached hydrogen (secondary N) is 2. The lowest BCUT2D eigenvalue weighted by molar-refractivity contribution is 0.0982. The van der Waals surface area contributed by atoms with Crippen LogP contribution >= 0.6 is 0 Å². The number of para-hydroxylation sites is 1. The van der Waals surface area contributed by atoms with Gasteiger partial charge < -0.3 is 25.2 Å². The van der Waals surface area contributed by atoms with E-state index in [1.165, 1.54) is 0 Å². The van der Waals surface area contributed by atoms with E-state index in [9.17, 15) is 8.42 Å². The van der Waals surface area contributed by atoms with E-state index in [1.807, 2.05) is 6.07 Å². The van der Waals surface area contributed by atoms with Crippen molar-refractivity contribution in [2.75, 3.05) is 69.0 Å². The SMILES string of the molecule is COc1cc(N2CCC(N3CCN(C)CC3)CC2)ccc1Nc1nc(C)nc(Nc2ccccc2S(=O)(=O)C(C)C)n1. The third-order valence-corrected chi connectivity index (χ3v) is 10.3. The Bertz CT molecular complexity index is 1480. The first-order chi connectivity index (χ1) is 20.1. The molecule has 226 valence electrons. The van der Waals surface area contributed by atoms with Crippen LogP contribution < -0.4 is 20.3 Å². The molecule has 0 radical (unpaired) electrons. The standard InChI is InChI=1S/C30H42N8O3S/c1-21(2)42(39,40)28-9-7-6-8-26(28)34-30-32-22(3)31-29(35-30)33-25-11-10-24(20-27(25)41-5)37-14-12-23(13-15-37)38-18-16-36(4)17-19-38/h6-11,20-21,23H,12-19H2,1-5H3,(H2,31,32,33,34,35). The topological polar surface area (TPSA) is 116 Å². The molecular weight excluding hydrogens is 552 g/mol. The Balaban J connectivity index is 1.29. The Kier molecular flexibility index (Phi) is 9.14. The van der Waals surface area contributed by atoms with Crippen molar-refractivity contribution in [3.63, 3.8) is 0 Å². The highest BCUT2D eigenvalue weighted by Crippen LogP contribution is 2.33. The molecule has 0 unspecified atom stereocenters. The van der Waals surface area contributed by atoms with Crippen molar-refractivity contribution in [2.45, 2.75) is 49.8 Å². The quantitative estimate of drug-likeness (QED) is 0.373. The van der Waals surface area contributed by atoms with Crippen LogP contribution in [-0.2, 0) is 9.84 Å². The smallest absolute Gasteiger partial charge is 0.232 e. The van der Waals surface area contributed by atoms with Crippen molar-refractivity contribution in [1.82, 2.24) is 24.8 Å². The second kappa shape index (κ2) is 12.8. The Hall–Kier alpha value is -3.48. The Morgan fingerprint density at radius 3 is 2.17 bits per heavy atom. The average Bonchev–Trinajstić information content (AvgIpc) is 2.98. The molecule has 42 heavy (non-hydrogen) atoms. The summed E-state index contributed by atoms with van der Waals surface area (Å²) in [4.78, 5) is 21.1. The maximum Gasteiger partial charge on any atom is 0.232 e. The zero-order valence-corrected chi connectivity index (χ0v) is 26.0. The lowest BCUT2D eigenvalue weighted by Crippen LogP contribution is -2.52. The van der Waals surface area contributed by atoms with Gasteiger partial charge in [0, 0.05) is 57.1 Å². The number of ether oxygens (including phenoxy) is 1. The molecule has 11 nitrogen and oxygen atoms in total. The fourth-order valence-corrected chi connectivity index (χ4v) is 6.76. The van der Waals surface area contributed by atoms with Gasteiger partial charge in [0.1, 0.15) is 11.6 Å². The summed E-state index contributed by atoms with van der Waals surface area (Å²) in [7, 11) is 0.351. The first-order valence-corrected chi connectivity index (χ1v) is 16.1. The summed E-state index contributed by atoms with van der Waals surface area (Å²) < 4.78 is 31.6. The van der Waals surface area contributed by atoms with Gasteiger partial charge in [-0.3, -0.25) is 4.90 Å². The second-order valence-corrected chi connectivity index (χ2v) is 13.8. The van der Waals surface area contributed by atoms with Gasteiger partial charge in [-0.25, -0.2) is 8.42 Å². The summed E-state index contributed by atoms with van der Waals surface area (Å²) in [6.45, 7) is 11.7. The van der Waals surface area contributed by atoms with E-state index < -0.39 is 15.1 Å². The van der Waals surface area contributed by atoms with Crippen LogP contribution in [0, 0.1) is 6.92 Å². The van der Waals surface area contributed by atoms with E-state index >= 15 is 0 Å². The molecule has 3 aromatic rings. The number of anilines is 5. The van der Waals surface area contributed by atoms with Gasteiger partial charge in [-0.1, -0.05) is 12.1 Å². The molecule has 0 atom stereocenters. The van der Waals surface area contributed by atoms with Gasteiger partial charge in [0.25, 0.3) is 0 Å². The van der Waals surface area contributed by atoms with Gasteiger partial charge in [0.2, 0.25) is 11.9 Å². The van der Waals surface area contributed by atoms with Crippen LogP contribution in [0.5, 0.6) is 5.75 Å². The predicted molar refractivity (Wildman–Crippen MR) is 167 cm³/mol. The minimum Gasteiger partial charge on any atom is -0.494 e. The zero-order chi connectivity index (χ0) is 29.9. The molecule has 12 heteroatoms. The van der Waals surface area contributed by atoms with E-state index in [4.69, 9.17) is 4.74 Å². The Labute approximate surface area is 249 Å². The highest BCUT2D eigenvalue weighted by Gasteiger charge is 2.27. The first-order valence-electron chi connectivity index (χ1n) is 14.6. The molecule has 0 bridgehead atoms. The van der Waals surface area contributed by atoms with Gasteiger partial charge in [0.05, 0.1) is 28.6 Å². The number of piperidine rings is 1. The summed E-state index contributed by atoms with van der Waals surface area (Å²) >= 11 is 0. The summed E-state index contributed by atoms with van der Waals surface area (Å²) in [5, 5.41) is 5.79. The maximum atomic E-state index is 12.9. The molecule has 2 saturated heterocycles. The maximum absolute atomic E-state index is 12.9. The van der Waals surface area contributed by atoms with Crippen LogP contribution in [0.25, 0.3) is 0 Å². The monoisotopic (exact) mass is 594 g/mol. The molecule has 2 fully saturated rings. The average molecular weight is 595 g/mol. The van der Waals surface area contributed by atoms with Crippen LogP contribution in [0.3, 0.4) is 0 Å². The number of likely N-dealkylation sites (N-methyl/N-ethyl adjacent to an activating group) is 1. The molecular formula is C30H42N8O3S. The molecule has 3 heterocycles. The molecule has 1 aromatic heterocycles. The molecule has 2 aliphatic rings. The van der Waals surface area contributed by atoms with Gasteiger partial charge in [-0.05, 0) is 64.9 Å². The van der Waals surface area contributed by atoms with Gasteiger partial charge in [0.15, 0.2) is 9.84 Å². The number of aromatic nitrogens is 3.